The van der Waals surface area contributed by atoms with Gasteiger partial charge in [0.15, 0.2) is 5.82 Å². The normalized spacial score (nSPS) is 22.7. The lowest BCUT2D eigenvalue weighted by Crippen LogP contribution is -2.76. The van der Waals surface area contributed by atoms with Gasteiger partial charge in [0.2, 0.25) is 13.4 Å². The topological polar surface area (TPSA) is 42.1 Å². The van der Waals surface area contributed by atoms with Gasteiger partial charge in [0, 0.05) is 60.6 Å². The zero-order valence-electron chi connectivity index (χ0n) is 35.5. The fourth-order valence-corrected chi connectivity index (χ4v) is 16.1. The molecule has 8 aliphatic rings. The third kappa shape index (κ3) is 3.34. The van der Waals surface area contributed by atoms with E-state index in [9.17, 15) is 0 Å². The van der Waals surface area contributed by atoms with Crippen LogP contribution in [0.4, 0.5) is 22.7 Å². The lowest BCUT2D eigenvalue weighted by atomic mass is 9.21. The predicted molar refractivity (Wildman–Crippen MR) is 270 cm³/mol. The fourth-order valence-electron chi connectivity index (χ4n) is 16.1. The molecule has 19 rings (SSSR count). The van der Waals surface area contributed by atoms with Crippen LogP contribution >= 0.6 is 0 Å². The number of rotatable bonds is 3. The highest BCUT2D eigenvalue weighted by Gasteiger charge is 2.70. The molecule has 4 unspecified atom stereocenters. The zero-order chi connectivity index (χ0) is 42.0. The van der Waals surface area contributed by atoms with Crippen molar-refractivity contribution in [1.82, 2.24) is 19.1 Å². The van der Waals surface area contributed by atoms with Gasteiger partial charge in [-0.25, -0.2) is 9.97 Å². The van der Waals surface area contributed by atoms with E-state index in [0.717, 1.165) is 33.9 Å². The van der Waals surface area contributed by atoms with Crippen molar-refractivity contribution < 1.29 is 0 Å². The van der Waals surface area contributed by atoms with E-state index in [-0.39, 0.29) is 36.7 Å². The predicted octanol–water partition coefficient (Wildman–Crippen LogP) is 10.1. The molecule has 0 N–H and O–H groups in total. The van der Waals surface area contributed by atoms with Crippen LogP contribution in [0.5, 0.6) is 0 Å². The number of nitrogens with zero attached hydrogens (tertiary/aromatic N) is 6. The second-order valence-electron chi connectivity index (χ2n) is 20.3. The number of hydrogen-bond donors (Lipinski definition) is 0. The quantitative estimate of drug-likeness (QED) is 0.166. The van der Waals surface area contributed by atoms with Crippen LogP contribution in [-0.4, -0.2) is 44.6 Å². The van der Waals surface area contributed by atoms with Gasteiger partial charge in [-0.05, 0) is 75.5 Å². The highest BCUT2D eigenvalue weighted by Crippen LogP contribution is 2.69. The summed E-state index contributed by atoms with van der Waals surface area (Å²) in [5, 5.41) is 5.62. The van der Waals surface area contributed by atoms with Gasteiger partial charge in [-0.15, -0.1) is 0 Å². The molecule has 0 radical (unpaired) electrons. The van der Waals surface area contributed by atoms with E-state index in [1.54, 1.807) is 10.9 Å². The van der Waals surface area contributed by atoms with Crippen LogP contribution in [0, 0.1) is 0 Å². The summed E-state index contributed by atoms with van der Waals surface area (Å²) >= 11 is 0. The molecule has 6 nitrogen and oxygen atoms in total. The van der Waals surface area contributed by atoms with Crippen molar-refractivity contribution in [3.63, 3.8) is 0 Å². The molecule has 8 heteroatoms. The SMILES string of the molecule is c1ccc(-c2cc(-c3ccccc3)nc(-c3ccc4c(c3)B3c5ccccc5N5c6cccc7c8ccc9c%10c8n(c67)C6C5C3C3[C@@H]5[C@H]6B%10c6c-9ccc7c8cccc(c8n5c67)N43)n2)cc1. The Morgan fingerprint density at radius 2 is 0.879 bits per heavy atom. The van der Waals surface area contributed by atoms with Crippen LogP contribution in [0.2, 0.25) is 11.6 Å². The zero-order valence-corrected chi connectivity index (χ0v) is 35.5. The van der Waals surface area contributed by atoms with Crippen LogP contribution in [0.3, 0.4) is 0 Å². The average Bonchev–Trinajstić information content (AvgIpc) is 4.03. The lowest BCUT2D eigenvalue weighted by molar-refractivity contribution is 0.203. The Labute approximate surface area is 379 Å². The summed E-state index contributed by atoms with van der Waals surface area (Å²) in [6.45, 7) is 0.513. The summed E-state index contributed by atoms with van der Waals surface area (Å²) < 4.78 is 5.87. The molecule has 10 heterocycles. The Bertz CT molecular complexity index is 4100. The van der Waals surface area contributed by atoms with Crippen LogP contribution < -0.4 is 31.7 Å². The van der Waals surface area contributed by atoms with Crippen LogP contribution in [0.15, 0.2) is 170 Å². The summed E-state index contributed by atoms with van der Waals surface area (Å²) in [4.78, 5) is 16.5. The van der Waals surface area contributed by atoms with Crippen LogP contribution in [0.25, 0.3) is 88.6 Å². The first kappa shape index (κ1) is 32.8. The van der Waals surface area contributed by atoms with Crippen molar-refractivity contribution >= 4 is 102 Å². The first-order chi connectivity index (χ1) is 32.8. The minimum atomic E-state index is 0.160. The number of para-hydroxylation sites is 3. The van der Waals surface area contributed by atoms with Gasteiger partial charge >= 0.3 is 0 Å². The molecule has 0 amide bonds. The Morgan fingerprint density at radius 1 is 0.364 bits per heavy atom. The van der Waals surface area contributed by atoms with Crippen molar-refractivity contribution in [3.8, 4) is 45.0 Å². The standard InChI is InChI=1S/C58H34B2N6/c1-3-11-29(12-4-1)40-28-41(30-13-5-2-6-14-30)62-58(61-40)31-21-26-43-39(27-31)59-38-17-7-8-18-42(38)63-44-19-9-15-34-36-24-22-32-33-23-25-37-35-16-10-20-45-51(35)66-53(37)47(33)60-46(32)52(36)65(50(34)44)56-49(60)57(66)55(64(43)45)48(59)54(56)63/h1-28,48-49,54-57H/t48?,49-,54?,55?,56?,57-/m0/s1. The molecule has 0 spiro atoms. The van der Waals surface area contributed by atoms with Gasteiger partial charge in [0.05, 0.1) is 58.0 Å². The molecule has 6 atom stereocenters. The van der Waals surface area contributed by atoms with E-state index in [1.165, 1.54) is 88.4 Å². The maximum Gasteiger partial charge on any atom is 0.223 e. The summed E-state index contributed by atoms with van der Waals surface area (Å²) in [7, 11) is 0. The molecule has 7 aliphatic heterocycles. The monoisotopic (exact) mass is 836 g/mol. The summed E-state index contributed by atoms with van der Waals surface area (Å²) in [5.41, 5.74) is 25.3. The van der Waals surface area contributed by atoms with Crippen molar-refractivity contribution in [2.24, 2.45) is 0 Å². The van der Waals surface area contributed by atoms with Crippen molar-refractivity contribution in [1.29, 1.82) is 0 Å². The van der Waals surface area contributed by atoms with Crippen molar-refractivity contribution in [2.75, 3.05) is 9.80 Å². The Balaban J connectivity index is 0.960. The Kier molecular flexibility index (Phi) is 5.29. The third-order valence-electron chi connectivity index (χ3n) is 18.0. The van der Waals surface area contributed by atoms with Crippen LogP contribution in [-0.2, 0) is 0 Å². The van der Waals surface area contributed by atoms with E-state index in [0.29, 0.717) is 12.5 Å². The molecule has 0 saturated heterocycles. The number of fused-ring (bicyclic) bond motifs is 11. The summed E-state index contributed by atoms with van der Waals surface area (Å²) in [5.74, 6) is 1.43. The van der Waals surface area contributed by atoms with Gasteiger partial charge in [-0.2, -0.15) is 0 Å². The molecule has 8 aromatic carbocycles. The molecule has 1 saturated carbocycles. The molecule has 1 fully saturated rings. The number of hydrogen-bond acceptors (Lipinski definition) is 4. The summed E-state index contributed by atoms with van der Waals surface area (Å²) in [6.07, 6.45) is 0. The largest absolute Gasteiger partial charge is 0.335 e. The Morgan fingerprint density at radius 3 is 1.48 bits per heavy atom. The molecular weight excluding hydrogens is 802 g/mol. The number of aromatic nitrogens is 4. The van der Waals surface area contributed by atoms with E-state index in [2.05, 4.69) is 189 Å². The van der Waals surface area contributed by atoms with Crippen molar-refractivity contribution in [3.05, 3.63) is 170 Å². The minimum absolute atomic E-state index is 0.160. The molecule has 66 heavy (non-hydrogen) atoms. The highest BCUT2D eigenvalue weighted by atomic mass is 15.3. The Hall–Kier alpha value is -7.83. The first-order valence-corrected chi connectivity index (χ1v) is 23.8. The molecule has 302 valence electrons. The first-order valence-electron chi connectivity index (χ1n) is 23.8. The van der Waals surface area contributed by atoms with E-state index < -0.39 is 0 Å². The van der Waals surface area contributed by atoms with Gasteiger partial charge < -0.3 is 18.9 Å². The minimum Gasteiger partial charge on any atom is -0.335 e. The van der Waals surface area contributed by atoms with Gasteiger partial charge in [-0.3, -0.25) is 0 Å². The molecule has 11 aromatic rings. The highest BCUT2D eigenvalue weighted by molar-refractivity contribution is 6.95. The molecule has 3 aromatic heterocycles. The van der Waals surface area contributed by atoms with Gasteiger partial charge in [0.25, 0.3) is 0 Å². The summed E-state index contributed by atoms with van der Waals surface area (Å²) in [6, 6.07) is 65.4. The second-order valence-corrected chi connectivity index (χ2v) is 20.3. The van der Waals surface area contributed by atoms with E-state index >= 15 is 0 Å². The maximum absolute atomic E-state index is 5.40. The second kappa shape index (κ2) is 10.6. The van der Waals surface area contributed by atoms with E-state index in [4.69, 9.17) is 9.97 Å². The van der Waals surface area contributed by atoms with Crippen molar-refractivity contribution in [2.45, 2.75) is 35.8 Å². The average molecular weight is 837 g/mol. The number of benzene rings is 8. The molecular formula is C58H34B2N6. The molecule has 0 bridgehead atoms. The third-order valence-corrected chi connectivity index (χ3v) is 18.0. The maximum atomic E-state index is 5.40. The van der Waals surface area contributed by atoms with Crippen LogP contribution in [0.1, 0.15) is 12.1 Å². The fraction of sp³-hybridized carbons (Fsp3) is 0.103. The molecule has 1 aliphatic carbocycles. The van der Waals surface area contributed by atoms with Gasteiger partial charge in [-0.1, -0.05) is 139 Å². The van der Waals surface area contributed by atoms with Gasteiger partial charge in [0.1, 0.15) is 0 Å². The van der Waals surface area contributed by atoms with E-state index in [1.807, 2.05) is 0 Å². The lowest BCUT2D eigenvalue weighted by Gasteiger charge is -2.68. The number of anilines is 4. The smallest absolute Gasteiger partial charge is 0.223 e.